The van der Waals surface area contributed by atoms with E-state index in [9.17, 15) is 19.2 Å². The van der Waals surface area contributed by atoms with Crippen molar-refractivity contribution in [2.45, 2.75) is 6.92 Å². The third-order valence-corrected chi connectivity index (χ3v) is 1.92. The summed E-state index contributed by atoms with van der Waals surface area (Å²) < 4.78 is 0. The van der Waals surface area contributed by atoms with Crippen LogP contribution in [-0.4, -0.2) is 41.2 Å². The second-order valence-electron chi connectivity index (χ2n) is 3.19. The number of nitrogens with zero attached hydrogens (tertiary/aromatic N) is 1. The van der Waals surface area contributed by atoms with Crippen LogP contribution >= 0.6 is 0 Å². The Morgan fingerprint density at radius 2 is 1.88 bits per heavy atom. The zero-order valence-electron chi connectivity index (χ0n) is 8.81. The number of rotatable bonds is 3. The summed E-state index contributed by atoms with van der Waals surface area (Å²) in [5, 5.41) is 15.7. The highest BCUT2D eigenvalue weighted by Gasteiger charge is 2.36. The van der Waals surface area contributed by atoms with E-state index in [1.165, 1.54) is 6.92 Å². The van der Waals surface area contributed by atoms with Crippen LogP contribution in [0.5, 0.6) is 0 Å². The molecule has 4 N–H and O–H groups in total. The number of amides is 5. The molecule has 1 heterocycles. The number of barbiturate groups is 1. The van der Waals surface area contributed by atoms with Crippen molar-refractivity contribution in [2.24, 2.45) is 11.0 Å². The van der Waals surface area contributed by atoms with Crippen LogP contribution in [0.3, 0.4) is 0 Å². The Balaban J connectivity index is 2.77. The third kappa shape index (κ3) is 3.08. The van der Waals surface area contributed by atoms with E-state index in [1.807, 2.05) is 16.1 Å². The number of hydrogen-bond acceptors (Lipinski definition) is 6. The lowest BCUT2D eigenvalue weighted by Crippen LogP contribution is -2.57. The Labute approximate surface area is 95.2 Å². The maximum Gasteiger partial charge on any atom is 0.328 e. The highest BCUT2D eigenvalue weighted by Crippen LogP contribution is 2.04. The Hall–Kier alpha value is -2.29. The van der Waals surface area contributed by atoms with Crippen molar-refractivity contribution < 1.29 is 24.3 Å². The summed E-state index contributed by atoms with van der Waals surface area (Å²) >= 11 is 0. The van der Waals surface area contributed by atoms with Gasteiger partial charge in [-0.15, -0.1) is 0 Å². The number of hydrogen-bond donors (Lipinski definition) is 4. The van der Waals surface area contributed by atoms with Gasteiger partial charge < -0.3 is 5.11 Å². The van der Waals surface area contributed by atoms with Gasteiger partial charge in [0.2, 0.25) is 11.8 Å². The quantitative estimate of drug-likeness (QED) is 0.245. The van der Waals surface area contributed by atoms with Crippen molar-refractivity contribution >= 4 is 29.5 Å². The molecule has 9 nitrogen and oxygen atoms in total. The lowest BCUT2D eigenvalue weighted by atomic mass is 10.0. The third-order valence-electron chi connectivity index (χ3n) is 1.92. The molecule has 1 fully saturated rings. The molecule has 17 heavy (non-hydrogen) atoms. The highest BCUT2D eigenvalue weighted by molar-refractivity contribution is 6.27. The van der Waals surface area contributed by atoms with E-state index in [0.29, 0.717) is 0 Å². The average molecular weight is 242 g/mol. The largest absolute Gasteiger partial charge is 0.386 e. The van der Waals surface area contributed by atoms with E-state index in [1.54, 1.807) is 0 Å². The Bertz CT molecular complexity index is 396. The molecule has 0 atom stereocenters. The van der Waals surface area contributed by atoms with Gasteiger partial charge in [-0.25, -0.2) is 10.2 Å². The van der Waals surface area contributed by atoms with E-state index < -0.39 is 36.3 Å². The molecule has 0 aromatic heterocycles. The van der Waals surface area contributed by atoms with Gasteiger partial charge >= 0.3 is 6.03 Å². The molecule has 0 aromatic carbocycles. The molecule has 0 aliphatic carbocycles. The minimum Gasteiger partial charge on any atom is -0.386 e. The number of carbonyl (C=O) groups excluding carboxylic acids is 4. The molecule has 0 spiro atoms. The first-order valence-corrected chi connectivity index (χ1v) is 4.55. The number of hydrazone groups is 1. The zero-order valence-corrected chi connectivity index (χ0v) is 8.81. The number of urea groups is 1. The molecule has 1 rings (SSSR count). The second kappa shape index (κ2) is 5.16. The smallest absolute Gasteiger partial charge is 0.328 e. The number of imide groups is 2. The summed E-state index contributed by atoms with van der Waals surface area (Å²) in [7, 11) is 0. The minimum absolute atomic E-state index is 0.00528. The fraction of sp³-hybridized carbons (Fsp3) is 0.375. The monoisotopic (exact) mass is 242 g/mol. The van der Waals surface area contributed by atoms with Crippen LogP contribution in [0.2, 0.25) is 0 Å². The Morgan fingerprint density at radius 3 is 2.35 bits per heavy atom. The van der Waals surface area contributed by atoms with Crippen molar-refractivity contribution in [1.82, 2.24) is 16.1 Å². The van der Waals surface area contributed by atoms with E-state index >= 15 is 0 Å². The maximum atomic E-state index is 11.3. The van der Waals surface area contributed by atoms with E-state index in [-0.39, 0.29) is 5.71 Å². The summed E-state index contributed by atoms with van der Waals surface area (Å²) in [4.78, 5) is 44.1. The van der Waals surface area contributed by atoms with Gasteiger partial charge in [-0.1, -0.05) is 0 Å². The average Bonchev–Trinajstić information content (AvgIpc) is 2.24. The van der Waals surface area contributed by atoms with E-state index in [4.69, 9.17) is 5.11 Å². The summed E-state index contributed by atoms with van der Waals surface area (Å²) in [6.45, 7) is 0.565. The summed E-state index contributed by atoms with van der Waals surface area (Å²) in [6, 6.07) is -0.900. The van der Waals surface area contributed by atoms with Crippen molar-refractivity contribution in [3.63, 3.8) is 0 Å². The van der Waals surface area contributed by atoms with Crippen LogP contribution in [0, 0.1) is 5.92 Å². The molecule has 1 aliphatic rings. The van der Waals surface area contributed by atoms with Gasteiger partial charge in [0.1, 0.15) is 6.61 Å². The maximum absolute atomic E-state index is 11.3. The first-order valence-electron chi connectivity index (χ1n) is 4.55. The van der Waals surface area contributed by atoms with Gasteiger partial charge in [0.05, 0.1) is 5.71 Å². The van der Waals surface area contributed by atoms with Gasteiger partial charge in [0.25, 0.3) is 5.91 Å². The fourth-order valence-electron chi connectivity index (χ4n) is 1.15. The molecule has 9 heteroatoms. The Morgan fingerprint density at radius 1 is 1.35 bits per heavy atom. The predicted octanol–water partition coefficient (Wildman–Crippen LogP) is -2.55. The summed E-state index contributed by atoms with van der Waals surface area (Å²) in [6.07, 6.45) is 0. The molecule has 0 aromatic rings. The Kier molecular flexibility index (Phi) is 3.88. The molecule has 1 aliphatic heterocycles. The minimum atomic E-state index is -1.29. The summed E-state index contributed by atoms with van der Waals surface area (Å²) in [5.74, 6) is -3.71. The molecule has 0 saturated carbocycles. The van der Waals surface area contributed by atoms with Gasteiger partial charge in [-0.2, -0.15) is 5.10 Å². The molecule has 0 bridgehead atoms. The first kappa shape index (κ1) is 12.8. The standard InChI is InChI=1S/C8H10N4O5/c1-3(11-12-4(14)2-13)5-6(15)9-8(17)10-7(5)16/h5,13H,2H2,1H3,(H,12,14)(H2,9,10,15,16,17)/b11-3+. The predicted molar refractivity (Wildman–Crippen MR) is 53.5 cm³/mol. The number of aliphatic hydroxyl groups is 1. The van der Waals surface area contributed by atoms with Crippen molar-refractivity contribution in [3.8, 4) is 0 Å². The van der Waals surface area contributed by atoms with Gasteiger partial charge in [0.15, 0.2) is 5.92 Å². The SMILES string of the molecule is C/C(=N\NC(=O)CO)C1C(=O)NC(=O)NC1=O. The molecule has 1 saturated heterocycles. The van der Waals surface area contributed by atoms with Crippen LogP contribution in [0.1, 0.15) is 6.92 Å². The van der Waals surface area contributed by atoms with Crippen molar-refractivity contribution in [2.75, 3.05) is 6.61 Å². The fourth-order valence-corrected chi connectivity index (χ4v) is 1.15. The van der Waals surface area contributed by atoms with Crippen LogP contribution in [0.4, 0.5) is 4.79 Å². The van der Waals surface area contributed by atoms with Crippen LogP contribution in [-0.2, 0) is 14.4 Å². The first-order chi connectivity index (χ1) is 7.95. The van der Waals surface area contributed by atoms with Gasteiger partial charge in [-0.3, -0.25) is 25.0 Å². The van der Waals surface area contributed by atoms with Crippen molar-refractivity contribution in [1.29, 1.82) is 0 Å². The van der Waals surface area contributed by atoms with E-state index in [0.717, 1.165) is 0 Å². The van der Waals surface area contributed by atoms with Gasteiger partial charge in [0, 0.05) is 0 Å². The van der Waals surface area contributed by atoms with E-state index in [2.05, 4.69) is 5.10 Å². The molecular formula is C8H10N4O5. The topological polar surface area (TPSA) is 137 Å². The zero-order chi connectivity index (χ0) is 13.0. The molecule has 0 radical (unpaired) electrons. The van der Waals surface area contributed by atoms with Crippen molar-refractivity contribution in [3.05, 3.63) is 0 Å². The molecule has 92 valence electrons. The van der Waals surface area contributed by atoms with Crippen LogP contribution < -0.4 is 16.1 Å². The normalized spacial score (nSPS) is 17.5. The highest BCUT2D eigenvalue weighted by atomic mass is 16.3. The number of carbonyl (C=O) groups is 4. The van der Waals surface area contributed by atoms with Crippen LogP contribution in [0.25, 0.3) is 0 Å². The lowest BCUT2D eigenvalue weighted by molar-refractivity contribution is -0.133. The lowest BCUT2D eigenvalue weighted by Gasteiger charge is -2.20. The summed E-state index contributed by atoms with van der Waals surface area (Å²) in [5.41, 5.74) is 1.93. The molecule has 5 amide bonds. The van der Waals surface area contributed by atoms with Crippen LogP contribution in [0.15, 0.2) is 5.10 Å². The number of nitrogens with one attached hydrogen (secondary N) is 3. The molecular weight excluding hydrogens is 232 g/mol. The van der Waals surface area contributed by atoms with Gasteiger partial charge in [-0.05, 0) is 6.92 Å². The molecule has 0 unspecified atom stereocenters. The number of aliphatic hydroxyl groups excluding tert-OH is 1. The second-order valence-corrected chi connectivity index (χ2v) is 3.19.